The van der Waals surface area contributed by atoms with E-state index in [0.29, 0.717) is 6.04 Å². The van der Waals surface area contributed by atoms with E-state index >= 15 is 0 Å². The highest BCUT2D eigenvalue weighted by Crippen LogP contribution is 2.35. The smallest absolute Gasteiger partial charge is 0.0359 e. The standard InChI is InChI=1S/C17H34N4/c1-15-12-17(14-18,7-11-19(15)2)21-10-6-16(13-21)20-8-4-3-5-9-20/h15-16H,3-14,18H2,1-2H3. The van der Waals surface area contributed by atoms with Crippen LogP contribution in [0.1, 0.15) is 45.4 Å². The maximum atomic E-state index is 6.28. The van der Waals surface area contributed by atoms with Crippen molar-refractivity contribution in [1.29, 1.82) is 0 Å². The Morgan fingerprint density at radius 3 is 2.52 bits per heavy atom. The molecule has 4 heteroatoms. The summed E-state index contributed by atoms with van der Waals surface area (Å²) >= 11 is 0. The van der Waals surface area contributed by atoms with E-state index in [0.717, 1.165) is 12.6 Å². The molecule has 3 saturated heterocycles. The molecule has 3 aliphatic heterocycles. The average Bonchev–Trinajstić information content (AvgIpc) is 3.02. The highest BCUT2D eigenvalue weighted by molar-refractivity contribution is 5.02. The Hall–Kier alpha value is -0.160. The Kier molecular flexibility index (Phi) is 4.89. The van der Waals surface area contributed by atoms with Crippen LogP contribution in [0.4, 0.5) is 0 Å². The van der Waals surface area contributed by atoms with Crippen LogP contribution in [0.15, 0.2) is 0 Å². The molecule has 3 atom stereocenters. The number of piperidine rings is 2. The minimum absolute atomic E-state index is 0.274. The van der Waals surface area contributed by atoms with Crippen LogP contribution in [-0.4, -0.2) is 78.6 Å². The molecule has 3 fully saturated rings. The zero-order chi connectivity index (χ0) is 14.9. The summed E-state index contributed by atoms with van der Waals surface area (Å²) < 4.78 is 0. The Morgan fingerprint density at radius 1 is 1.10 bits per heavy atom. The van der Waals surface area contributed by atoms with Crippen molar-refractivity contribution in [3.63, 3.8) is 0 Å². The Labute approximate surface area is 130 Å². The molecule has 2 N–H and O–H groups in total. The van der Waals surface area contributed by atoms with Gasteiger partial charge in [-0.05, 0) is 65.7 Å². The van der Waals surface area contributed by atoms with Gasteiger partial charge >= 0.3 is 0 Å². The first-order chi connectivity index (χ1) is 10.1. The molecule has 4 nitrogen and oxygen atoms in total. The van der Waals surface area contributed by atoms with Crippen molar-refractivity contribution < 1.29 is 0 Å². The summed E-state index contributed by atoms with van der Waals surface area (Å²) in [5, 5.41) is 0. The lowest BCUT2D eigenvalue weighted by Gasteiger charge is -2.49. The molecule has 21 heavy (non-hydrogen) atoms. The van der Waals surface area contributed by atoms with Gasteiger partial charge in [-0.2, -0.15) is 0 Å². The molecule has 0 bridgehead atoms. The SMILES string of the molecule is CC1CC(CN)(N2CCC(N3CCCCC3)C2)CCN1C. The van der Waals surface area contributed by atoms with Crippen molar-refractivity contribution in [1.82, 2.24) is 14.7 Å². The summed E-state index contributed by atoms with van der Waals surface area (Å²) in [7, 11) is 2.26. The van der Waals surface area contributed by atoms with Crippen molar-refractivity contribution in [3.8, 4) is 0 Å². The van der Waals surface area contributed by atoms with Gasteiger partial charge < -0.3 is 10.6 Å². The van der Waals surface area contributed by atoms with Crippen molar-refractivity contribution in [3.05, 3.63) is 0 Å². The molecule has 0 aromatic rings. The van der Waals surface area contributed by atoms with Gasteiger partial charge in [-0.25, -0.2) is 0 Å². The zero-order valence-electron chi connectivity index (χ0n) is 14.1. The van der Waals surface area contributed by atoms with E-state index in [1.165, 1.54) is 71.2 Å². The van der Waals surface area contributed by atoms with Gasteiger partial charge in [0, 0.05) is 37.3 Å². The zero-order valence-corrected chi connectivity index (χ0v) is 14.1. The lowest BCUT2D eigenvalue weighted by molar-refractivity contribution is 0.0196. The summed E-state index contributed by atoms with van der Waals surface area (Å²) in [6.07, 6.45) is 8.08. The van der Waals surface area contributed by atoms with Crippen LogP contribution >= 0.6 is 0 Å². The summed E-state index contributed by atoms with van der Waals surface area (Å²) in [6.45, 7) is 9.56. The van der Waals surface area contributed by atoms with Gasteiger partial charge in [0.15, 0.2) is 0 Å². The van der Waals surface area contributed by atoms with Gasteiger partial charge in [-0.15, -0.1) is 0 Å². The summed E-state index contributed by atoms with van der Waals surface area (Å²) in [5.74, 6) is 0. The summed E-state index contributed by atoms with van der Waals surface area (Å²) in [6, 6.07) is 1.46. The molecule has 0 saturated carbocycles. The topological polar surface area (TPSA) is 35.7 Å². The maximum absolute atomic E-state index is 6.28. The second kappa shape index (κ2) is 6.53. The van der Waals surface area contributed by atoms with Crippen molar-refractivity contribution in [2.24, 2.45) is 5.73 Å². The summed E-state index contributed by atoms with van der Waals surface area (Å²) in [5.41, 5.74) is 6.55. The molecule has 0 amide bonds. The van der Waals surface area contributed by atoms with Gasteiger partial charge in [0.05, 0.1) is 0 Å². The largest absolute Gasteiger partial charge is 0.329 e. The van der Waals surface area contributed by atoms with E-state index < -0.39 is 0 Å². The minimum atomic E-state index is 0.274. The molecule has 0 radical (unpaired) electrons. The second-order valence-electron chi connectivity index (χ2n) is 7.70. The van der Waals surface area contributed by atoms with Gasteiger partial charge in [-0.1, -0.05) is 6.42 Å². The molecule has 0 aromatic heterocycles. The van der Waals surface area contributed by atoms with E-state index in [9.17, 15) is 0 Å². The molecule has 3 heterocycles. The van der Waals surface area contributed by atoms with Crippen LogP contribution in [0.2, 0.25) is 0 Å². The minimum Gasteiger partial charge on any atom is -0.329 e. The van der Waals surface area contributed by atoms with Gasteiger partial charge in [0.25, 0.3) is 0 Å². The Balaban J connectivity index is 1.63. The normalized spacial score (nSPS) is 40.7. The van der Waals surface area contributed by atoms with E-state index in [4.69, 9.17) is 5.73 Å². The third-order valence-electron chi connectivity index (χ3n) is 6.48. The lowest BCUT2D eigenvalue weighted by Crippen LogP contribution is -2.60. The predicted molar refractivity (Wildman–Crippen MR) is 88.5 cm³/mol. The molecule has 3 aliphatic rings. The number of nitrogens with two attached hydrogens (primary N) is 1. The highest BCUT2D eigenvalue weighted by Gasteiger charge is 2.44. The van der Waals surface area contributed by atoms with Crippen LogP contribution in [0.5, 0.6) is 0 Å². The van der Waals surface area contributed by atoms with Crippen LogP contribution in [0.25, 0.3) is 0 Å². The first kappa shape index (κ1) is 15.7. The van der Waals surface area contributed by atoms with E-state index in [1.807, 2.05) is 0 Å². The quantitative estimate of drug-likeness (QED) is 0.852. The molecular weight excluding hydrogens is 260 g/mol. The van der Waals surface area contributed by atoms with Gasteiger partial charge in [0.1, 0.15) is 0 Å². The van der Waals surface area contributed by atoms with E-state index in [1.54, 1.807) is 0 Å². The molecule has 0 spiro atoms. The van der Waals surface area contributed by atoms with Gasteiger partial charge in [0.2, 0.25) is 0 Å². The Bertz CT molecular complexity index is 342. The first-order valence-corrected chi connectivity index (χ1v) is 9.04. The number of rotatable bonds is 3. The van der Waals surface area contributed by atoms with Crippen LogP contribution < -0.4 is 5.73 Å². The van der Waals surface area contributed by atoms with Crippen LogP contribution in [0.3, 0.4) is 0 Å². The van der Waals surface area contributed by atoms with E-state index in [-0.39, 0.29) is 5.54 Å². The maximum Gasteiger partial charge on any atom is 0.0359 e. The first-order valence-electron chi connectivity index (χ1n) is 9.04. The average molecular weight is 294 g/mol. The number of hydrogen-bond donors (Lipinski definition) is 1. The van der Waals surface area contributed by atoms with Crippen molar-refractivity contribution >= 4 is 0 Å². The van der Waals surface area contributed by atoms with Crippen molar-refractivity contribution in [2.75, 3.05) is 46.3 Å². The van der Waals surface area contributed by atoms with Crippen LogP contribution in [0, 0.1) is 0 Å². The van der Waals surface area contributed by atoms with Crippen molar-refractivity contribution in [2.45, 2.75) is 63.1 Å². The number of nitrogens with zero attached hydrogens (tertiary/aromatic N) is 3. The fourth-order valence-electron chi connectivity index (χ4n) is 4.77. The third-order valence-corrected chi connectivity index (χ3v) is 6.48. The molecule has 3 unspecified atom stereocenters. The lowest BCUT2D eigenvalue weighted by atomic mass is 9.82. The molecule has 122 valence electrons. The van der Waals surface area contributed by atoms with Gasteiger partial charge in [-0.3, -0.25) is 9.80 Å². The second-order valence-corrected chi connectivity index (χ2v) is 7.70. The molecular formula is C17H34N4. The fraction of sp³-hybridized carbons (Fsp3) is 1.00. The third kappa shape index (κ3) is 3.14. The van der Waals surface area contributed by atoms with E-state index in [2.05, 4.69) is 28.7 Å². The van der Waals surface area contributed by atoms with Crippen LogP contribution in [-0.2, 0) is 0 Å². The number of hydrogen-bond acceptors (Lipinski definition) is 4. The predicted octanol–water partition coefficient (Wildman–Crippen LogP) is 1.36. The molecule has 3 rings (SSSR count). The monoisotopic (exact) mass is 294 g/mol. The Morgan fingerprint density at radius 2 is 1.86 bits per heavy atom. The summed E-state index contributed by atoms with van der Waals surface area (Å²) in [4.78, 5) is 8.01. The molecule has 0 aliphatic carbocycles. The fourth-order valence-corrected chi connectivity index (χ4v) is 4.77. The number of likely N-dealkylation sites (tertiary alicyclic amines) is 3. The molecule has 0 aromatic carbocycles. The highest BCUT2D eigenvalue weighted by atomic mass is 15.3.